The third-order valence-electron chi connectivity index (χ3n) is 7.26. The van der Waals surface area contributed by atoms with Crippen molar-refractivity contribution in [3.8, 4) is 5.75 Å². The van der Waals surface area contributed by atoms with Gasteiger partial charge in [0.15, 0.2) is 11.6 Å². The van der Waals surface area contributed by atoms with E-state index in [1.165, 1.54) is 12.8 Å². The number of halogens is 4. The molecule has 3 aliphatic rings. The van der Waals surface area contributed by atoms with Gasteiger partial charge in [0.05, 0.1) is 13.2 Å². The fraction of sp³-hybridized carbons (Fsp3) is 0.615. The number of rotatable bonds is 6. The Labute approximate surface area is 192 Å². The smallest absolute Gasteiger partial charge is 0.429 e. The highest BCUT2D eigenvalue weighted by Crippen LogP contribution is 2.42. The van der Waals surface area contributed by atoms with E-state index in [1.54, 1.807) is 5.57 Å². The maximum Gasteiger partial charge on any atom is 0.451 e. The van der Waals surface area contributed by atoms with E-state index in [9.17, 15) is 17.6 Å². The van der Waals surface area contributed by atoms with Gasteiger partial charge in [0.25, 0.3) is 6.29 Å². The molecule has 1 aliphatic heterocycles. The summed E-state index contributed by atoms with van der Waals surface area (Å²) in [5.41, 5.74) is 1.60. The van der Waals surface area contributed by atoms with Crippen LogP contribution in [0.4, 0.5) is 17.6 Å². The molecule has 7 heteroatoms. The normalized spacial score (nSPS) is 31.4. The van der Waals surface area contributed by atoms with E-state index in [0.717, 1.165) is 44.2 Å². The summed E-state index contributed by atoms with van der Waals surface area (Å²) in [4.78, 5) is 0. The molecule has 0 spiro atoms. The van der Waals surface area contributed by atoms with Gasteiger partial charge in [0.1, 0.15) is 5.75 Å². The lowest BCUT2D eigenvalue weighted by Crippen LogP contribution is -2.49. The molecule has 1 saturated heterocycles. The van der Waals surface area contributed by atoms with Gasteiger partial charge in [0.2, 0.25) is 0 Å². The second-order valence-electron chi connectivity index (χ2n) is 9.45. The predicted molar refractivity (Wildman–Crippen MR) is 117 cm³/mol. The van der Waals surface area contributed by atoms with Gasteiger partial charge >= 0.3 is 6.11 Å². The zero-order valence-electron chi connectivity index (χ0n) is 19.0. The van der Waals surface area contributed by atoms with Crippen molar-refractivity contribution in [1.82, 2.24) is 0 Å². The number of allylic oxidation sites excluding steroid dienone is 4. The Morgan fingerprint density at radius 3 is 2.30 bits per heavy atom. The second kappa shape index (κ2) is 10.6. The molecule has 2 aliphatic carbocycles. The van der Waals surface area contributed by atoms with Gasteiger partial charge in [-0.25, -0.2) is 8.78 Å². The van der Waals surface area contributed by atoms with E-state index in [4.69, 9.17) is 9.47 Å². The minimum Gasteiger partial charge on any atom is -0.429 e. The van der Waals surface area contributed by atoms with Crippen LogP contribution >= 0.6 is 0 Å². The molecule has 1 unspecified atom stereocenters. The van der Waals surface area contributed by atoms with Crippen molar-refractivity contribution in [2.75, 3.05) is 13.2 Å². The molecule has 1 heterocycles. The zero-order chi connectivity index (χ0) is 23.4. The number of alkyl halides is 2. The molecule has 2 fully saturated rings. The summed E-state index contributed by atoms with van der Waals surface area (Å²) in [5, 5.41) is 0. The molecule has 33 heavy (non-hydrogen) atoms. The lowest BCUT2D eigenvalue weighted by molar-refractivity contribution is -0.354. The van der Waals surface area contributed by atoms with E-state index in [1.807, 2.05) is 0 Å². The quantitative estimate of drug-likeness (QED) is 0.331. The Morgan fingerprint density at radius 1 is 0.970 bits per heavy atom. The van der Waals surface area contributed by atoms with Crippen LogP contribution in [-0.2, 0) is 9.47 Å². The highest BCUT2D eigenvalue weighted by molar-refractivity contribution is 5.24. The van der Waals surface area contributed by atoms with E-state index in [0.29, 0.717) is 23.8 Å². The molecule has 0 aromatic heterocycles. The predicted octanol–water partition coefficient (Wildman–Crippen LogP) is 7.03. The van der Waals surface area contributed by atoms with E-state index in [-0.39, 0.29) is 19.1 Å². The fourth-order valence-corrected chi connectivity index (χ4v) is 5.38. The largest absolute Gasteiger partial charge is 0.451 e. The monoisotopic (exact) mass is 468 g/mol. The third kappa shape index (κ3) is 5.99. The number of hydrogen-bond donors (Lipinski definition) is 0. The third-order valence-corrected chi connectivity index (χ3v) is 7.26. The fourth-order valence-electron chi connectivity index (χ4n) is 5.38. The summed E-state index contributed by atoms with van der Waals surface area (Å²) in [6, 6.07) is 2.26. The Kier molecular flexibility index (Phi) is 7.80. The van der Waals surface area contributed by atoms with E-state index in [2.05, 4.69) is 29.9 Å². The Morgan fingerprint density at radius 2 is 1.70 bits per heavy atom. The first-order valence-electron chi connectivity index (χ1n) is 11.9. The van der Waals surface area contributed by atoms with Crippen LogP contribution < -0.4 is 4.74 Å². The molecule has 4 rings (SSSR count). The highest BCUT2D eigenvalue weighted by Gasteiger charge is 2.48. The zero-order valence-corrected chi connectivity index (χ0v) is 19.0. The molecule has 0 bridgehead atoms. The minimum absolute atomic E-state index is 0.0701. The number of benzene rings is 1. The number of hydrogen-bond acceptors (Lipinski definition) is 3. The molecule has 1 saturated carbocycles. The molecule has 182 valence electrons. The molecular formula is C26H32F4O3. The van der Waals surface area contributed by atoms with Crippen molar-refractivity contribution < 1.29 is 31.8 Å². The summed E-state index contributed by atoms with van der Waals surface area (Å²) >= 11 is 0. The summed E-state index contributed by atoms with van der Waals surface area (Å²) in [5.74, 6) is -1.11. The molecule has 3 nitrogen and oxygen atoms in total. The average Bonchev–Trinajstić information content (AvgIpc) is 2.82. The van der Waals surface area contributed by atoms with Crippen molar-refractivity contribution in [3.05, 3.63) is 53.6 Å². The Bertz CT molecular complexity index is 853. The van der Waals surface area contributed by atoms with Crippen LogP contribution in [0.3, 0.4) is 0 Å². The molecule has 0 amide bonds. The maximum atomic E-state index is 14.4. The van der Waals surface area contributed by atoms with Crippen LogP contribution in [0.25, 0.3) is 0 Å². The summed E-state index contributed by atoms with van der Waals surface area (Å²) in [6.07, 6.45) is 9.05. The topological polar surface area (TPSA) is 27.7 Å². The molecule has 0 N–H and O–H groups in total. The van der Waals surface area contributed by atoms with Crippen LogP contribution in [-0.4, -0.2) is 25.6 Å². The summed E-state index contributed by atoms with van der Waals surface area (Å²) in [6.45, 7) is 2.41. The van der Waals surface area contributed by atoms with Crippen LogP contribution in [0.2, 0.25) is 0 Å². The van der Waals surface area contributed by atoms with Gasteiger partial charge < -0.3 is 14.2 Å². The standard InChI is InChI=1S/C26H32F4O3/c1-2-3-17-4-6-18(7-5-17)19-8-10-20(11-9-19)21-15-31-25(32-16-21)26(29,30)33-22-12-13-23(27)24(28)14-22/h2-3,6,12-14,17,19-21,25H,4-5,7-11,15-16H2,1H3/b3-2+. The lowest BCUT2D eigenvalue weighted by Gasteiger charge is -2.39. The van der Waals surface area contributed by atoms with Crippen LogP contribution in [0.1, 0.15) is 51.9 Å². The second-order valence-corrected chi connectivity index (χ2v) is 9.45. The Hall–Kier alpha value is -1.86. The van der Waals surface area contributed by atoms with Gasteiger partial charge in [-0.15, -0.1) is 0 Å². The van der Waals surface area contributed by atoms with Crippen molar-refractivity contribution in [2.24, 2.45) is 23.7 Å². The van der Waals surface area contributed by atoms with Gasteiger partial charge in [0, 0.05) is 12.0 Å². The minimum atomic E-state index is -3.81. The highest BCUT2D eigenvalue weighted by atomic mass is 19.3. The van der Waals surface area contributed by atoms with Crippen LogP contribution in [0.5, 0.6) is 5.75 Å². The summed E-state index contributed by atoms with van der Waals surface area (Å²) < 4.78 is 70.4. The van der Waals surface area contributed by atoms with Crippen LogP contribution in [0.15, 0.2) is 42.0 Å². The van der Waals surface area contributed by atoms with Crippen molar-refractivity contribution in [1.29, 1.82) is 0 Å². The van der Waals surface area contributed by atoms with Gasteiger partial charge in [-0.2, -0.15) is 8.78 Å². The Balaban J connectivity index is 1.23. The average molecular weight is 469 g/mol. The number of ether oxygens (including phenoxy) is 3. The van der Waals surface area contributed by atoms with Crippen molar-refractivity contribution in [3.63, 3.8) is 0 Å². The van der Waals surface area contributed by atoms with Crippen LogP contribution in [0, 0.1) is 35.3 Å². The SMILES string of the molecule is C/C=C/C1CC=C(C2CCC(C3COC(C(F)(F)Oc4ccc(F)c(F)c4)OC3)CC2)CC1. The van der Waals surface area contributed by atoms with Gasteiger partial charge in [-0.05, 0) is 81.8 Å². The molecule has 1 atom stereocenters. The molecule has 0 radical (unpaired) electrons. The summed E-state index contributed by atoms with van der Waals surface area (Å²) in [7, 11) is 0. The first-order valence-corrected chi connectivity index (χ1v) is 11.9. The molecular weight excluding hydrogens is 436 g/mol. The van der Waals surface area contributed by atoms with Gasteiger partial charge in [-0.3, -0.25) is 0 Å². The van der Waals surface area contributed by atoms with Crippen molar-refractivity contribution in [2.45, 2.75) is 64.3 Å². The van der Waals surface area contributed by atoms with Gasteiger partial charge in [-0.1, -0.05) is 23.8 Å². The lowest BCUT2D eigenvalue weighted by atomic mass is 9.71. The first kappa shape index (κ1) is 24.3. The van der Waals surface area contributed by atoms with E-state index >= 15 is 0 Å². The van der Waals surface area contributed by atoms with Crippen molar-refractivity contribution >= 4 is 0 Å². The molecule has 1 aromatic carbocycles. The maximum absolute atomic E-state index is 14.4. The molecule has 1 aromatic rings. The van der Waals surface area contributed by atoms with E-state index < -0.39 is 29.8 Å². The first-order chi connectivity index (χ1) is 15.9.